The monoisotopic (exact) mass is 349 g/mol. The maximum Gasteiger partial charge on any atom is 0.162 e. The lowest BCUT2D eigenvalue weighted by Crippen LogP contribution is -2.09. The predicted octanol–water partition coefficient (Wildman–Crippen LogP) is 4.70. The van der Waals surface area contributed by atoms with E-state index in [0.717, 1.165) is 16.8 Å². The first-order chi connectivity index (χ1) is 12.5. The molecule has 1 fully saturated rings. The number of hydrogen-bond donors (Lipinski definition) is 2. The first-order valence-electron chi connectivity index (χ1n) is 8.97. The molecule has 2 N–H and O–H groups in total. The van der Waals surface area contributed by atoms with Crippen LogP contribution in [0.5, 0.6) is 11.5 Å². The van der Waals surface area contributed by atoms with Crippen LogP contribution in [-0.2, 0) is 0 Å². The van der Waals surface area contributed by atoms with Crippen LogP contribution < -0.4 is 10.1 Å². The molecule has 5 nitrogen and oxygen atoms in total. The second kappa shape index (κ2) is 6.48. The average Bonchev–Trinajstić information content (AvgIpc) is 3.47. The number of nitrogens with one attached hydrogen (secondary N) is 1. The Morgan fingerprint density at radius 3 is 2.54 bits per heavy atom. The summed E-state index contributed by atoms with van der Waals surface area (Å²) in [5.41, 5.74) is 3.38. The summed E-state index contributed by atoms with van der Waals surface area (Å²) in [6.07, 6.45) is 2.62. The molecule has 1 aliphatic carbocycles. The van der Waals surface area contributed by atoms with Gasteiger partial charge in [0, 0.05) is 17.5 Å². The van der Waals surface area contributed by atoms with Crippen molar-refractivity contribution in [2.24, 2.45) is 0 Å². The van der Waals surface area contributed by atoms with Gasteiger partial charge in [0.25, 0.3) is 0 Å². The smallest absolute Gasteiger partial charge is 0.162 e. The Balaban J connectivity index is 1.65. The van der Waals surface area contributed by atoms with Gasteiger partial charge in [0.05, 0.1) is 12.6 Å². The van der Waals surface area contributed by atoms with Gasteiger partial charge in [-0.25, -0.2) is 9.97 Å². The predicted molar refractivity (Wildman–Crippen MR) is 103 cm³/mol. The number of nitrogens with zero attached hydrogens (tertiary/aromatic N) is 2. The maximum atomic E-state index is 10.1. The van der Waals surface area contributed by atoms with E-state index in [2.05, 4.69) is 46.5 Å². The summed E-state index contributed by atoms with van der Waals surface area (Å²) in [4.78, 5) is 9.01. The minimum Gasteiger partial charge on any atom is -0.504 e. The number of aromatic nitrogens is 2. The number of anilines is 1. The van der Waals surface area contributed by atoms with E-state index in [9.17, 15) is 5.11 Å². The third kappa shape index (κ3) is 3.17. The fraction of sp³-hybridized carbons (Fsp3) is 0.333. The zero-order valence-corrected chi connectivity index (χ0v) is 15.3. The normalized spacial score (nSPS) is 15.0. The van der Waals surface area contributed by atoms with Crippen LogP contribution in [0.15, 0.2) is 36.4 Å². The van der Waals surface area contributed by atoms with Gasteiger partial charge in [-0.3, -0.25) is 0 Å². The number of phenolic OH excluding ortho intramolecular Hbond substituents is 1. The molecule has 1 heterocycles. The van der Waals surface area contributed by atoms with Crippen LogP contribution in [-0.4, -0.2) is 22.2 Å². The largest absolute Gasteiger partial charge is 0.504 e. The molecule has 3 aromatic rings. The van der Waals surface area contributed by atoms with Gasteiger partial charge in [0.2, 0.25) is 0 Å². The van der Waals surface area contributed by atoms with Crippen molar-refractivity contribution in [1.29, 1.82) is 0 Å². The average molecular weight is 349 g/mol. The van der Waals surface area contributed by atoms with Gasteiger partial charge in [0.1, 0.15) is 11.6 Å². The first-order valence-corrected chi connectivity index (χ1v) is 8.97. The lowest BCUT2D eigenvalue weighted by Gasteiger charge is -2.18. The molecule has 0 radical (unpaired) electrons. The molecule has 5 heteroatoms. The molecule has 4 rings (SSSR count). The van der Waals surface area contributed by atoms with Gasteiger partial charge in [0.15, 0.2) is 11.5 Å². The summed E-state index contributed by atoms with van der Waals surface area (Å²) >= 11 is 0. The van der Waals surface area contributed by atoms with Gasteiger partial charge >= 0.3 is 0 Å². The number of benzene rings is 2. The molecule has 2 aromatic carbocycles. The standard InChI is InChI=1S/C21H23N3O2/c1-12(14-4-6-15(7-5-14)16-8-9-16)22-21-17-10-19(25)20(26-3)11-18(17)23-13(2)24-21/h4-7,10-12,16,25H,8-9H2,1-3H3,(H,22,23,24)/t12-/m1/s1. The molecule has 1 aromatic heterocycles. The van der Waals surface area contributed by atoms with Crippen molar-refractivity contribution < 1.29 is 9.84 Å². The summed E-state index contributed by atoms with van der Waals surface area (Å²) < 4.78 is 5.19. The van der Waals surface area contributed by atoms with E-state index < -0.39 is 0 Å². The molecule has 0 amide bonds. The van der Waals surface area contributed by atoms with Gasteiger partial charge < -0.3 is 15.2 Å². The summed E-state index contributed by atoms with van der Waals surface area (Å²) in [5.74, 6) is 2.63. The van der Waals surface area contributed by atoms with Crippen LogP contribution >= 0.6 is 0 Å². The number of aromatic hydroxyl groups is 1. The molecular weight excluding hydrogens is 326 g/mol. The number of aryl methyl sites for hydroxylation is 1. The van der Waals surface area contributed by atoms with Crippen LogP contribution in [0, 0.1) is 6.92 Å². The number of hydrogen-bond acceptors (Lipinski definition) is 5. The van der Waals surface area contributed by atoms with Crippen molar-refractivity contribution in [3.8, 4) is 11.5 Å². The number of rotatable bonds is 5. The van der Waals surface area contributed by atoms with Crippen molar-refractivity contribution in [1.82, 2.24) is 9.97 Å². The summed E-state index contributed by atoms with van der Waals surface area (Å²) in [7, 11) is 1.53. The molecule has 1 atom stereocenters. The second-order valence-electron chi connectivity index (χ2n) is 6.97. The highest BCUT2D eigenvalue weighted by atomic mass is 16.5. The molecule has 1 saturated carbocycles. The van der Waals surface area contributed by atoms with E-state index >= 15 is 0 Å². The molecule has 134 valence electrons. The summed E-state index contributed by atoms with van der Waals surface area (Å²) in [6, 6.07) is 12.3. The first kappa shape index (κ1) is 16.6. The van der Waals surface area contributed by atoms with Crippen LogP contribution in [0.4, 0.5) is 5.82 Å². The number of ether oxygens (including phenoxy) is 1. The molecule has 26 heavy (non-hydrogen) atoms. The van der Waals surface area contributed by atoms with Crippen LogP contribution in [0.2, 0.25) is 0 Å². The zero-order chi connectivity index (χ0) is 18.3. The van der Waals surface area contributed by atoms with Crippen molar-refractivity contribution >= 4 is 16.7 Å². The Morgan fingerprint density at radius 2 is 1.88 bits per heavy atom. The lowest BCUT2D eigenvalue weighted by molar-refractivity contribution is 0.374. The Labute approximate surface area is 153 Å². The topological polar surface area (TPSA) is 67.3 Å². The third-order valence-electron chi connectivity index (χ3n) is 4.95. The number of methoxy groups -OCH3 is 1. The van der Waals surface area contributed by atoms with E-state index in [0.29, 0.717) is 17.4 Å². The minimum absolute atomic E-state index is 0.0805. The second-order valence-corrected chi connectivity index (χ2v) is 6.97. The highest BCUT2D eigenvalue weighted by Gasteiger charge is 2.23. The van der Waals surface area contributed by atoms with E-state index in [4.69, 9.17) is 4.74 Å². The highest BCUT2D eigenvalue weighted by molar-refractivity contribution is 5.91. The van der Waals surface area contributed by atoms with E-state index in [1.807, 2.05) is 6.92 Å². The fourth-order valence-corrected chi connectivity index (χ4v) is 3.30. The molecule has 0 spiro atoms. The lowest BCUT2D eigenvalue weighted by atomic mass is 10.0. The molecule has 0 bridgehead atoms. The van der Waals surface area contributed by atoms with Gasteiger partial charge in [-0.15, -0.1) is 0 Å². The van der Waals surface area contributed by atoms with Gasteiger partial charge in [-0.05, 0) is 49.8 Å². The van der Waals surface area contributed by atoms with Crippen molar-refractivity contribution in [3.05, 3.63) is 53.3 Å². The Kier molecular flexibility index (Phi) is 4.15. The Bertz CT molecular complexity index is 950. The van der Waals surface area contributed by atoms with Gasteiger partial charge in [-0.2, -0.15) is 0 Å². The molecule has 1 aliphatic rings. The van der Waals surface area contributed by atoms with Crippen molar-refractivity contribution in [2.75, 3.05) is 12.4 Å². The van der Waals surface area contributed by atoms with Crippen LogP contribution in [0.1, 0.15) is 48.7 Å². The molecule has 0 unspecified atom stereocenters. The number of phenols is 1. The van der Waals surface area contributed by atoms with Crippen LogP contribution in [0.3, 0.4) is 0 Å². The Hall–Kier alpha value is -2.82. The van der Waals surface area contributed by atoms with Crippen molar-refractivity contribution in [2.45, 2.75) is 38.6 Å². The van der Waals surface area contributed by atoms with E-state index in [-0.39, 0.29) is 11.8 Å². The molecule has 0 aliphatic heterocycles. The summed E-state index contributed by atoms with van der Waals surface area (Å²) in [5, 5.41) is 14.4. The SMILES string of the molecule is COc1cc2nc(C)nc(N[C@H](C)c3ccc(C4CC4)cc3)c2cc1O. The van der Waals surface area contributed by atoms with Crippen molar-refractivity contribution in [3.63, 3.8) is 0 Å². The Morgan fingerprint density at radius 1 is 1.15 bits per heavy atom. The molecule has 0 saturated heterocycles. The zero-order valence-electron chi connectivity index (χ0n) is 15.3. The van der Waals surface area contributed by atoms with Gasteiger partial charge in [-0.1, -0.05) is 24.3 Å². The maximum absolute atomic E-state index is 10.1. The minimum atomic E-state index is 0.0805. The van der Waals surface area contributed by atoms with E-state index in [1.165, 1.54) is 31.1 Å². The summed E-state index contributed by atoms with van der Waals surface area (Å²) in [6.45, 7) is 3.97. The fourth-order valence-electron chi connectivity index (χ4n) is 3.30. The van der Waals surface area contributed by atoms with Crippen LogP contribution in [0.25, 0.3) is 10.9 Å². The quantitative estimate of drug-likeness (QED) is 0.699. The molecular formula is C21H23N3O2. The third-order valence-corrected chi connectivity index (χ3v) is 4.95. The van der Waals surface area contributed by atoms with E-state index in [1.54, 1.807) is 12.1 Å². The highest BCUT2D eigenvalue weighted by Crippen LogP contribution is 2.40. The number of fused-ring (bicyclic) bond motifs is 1.